The molecule has 2 unspecified atom stereocenters. The maximum atomic E-state index is 13.3. The Balaban J connectivity index is 1.31. The number of hydrogen-bond acceptors (Lipinski definition) is 5. The van der Waals surface area contributed by atoms with E-state index < -0.39 is 11.7 Å². The fourth-order valence-electron chi connectivity index (χ4n) is 4.96. The van der Waals surface area contributed by atoms with E-state index in [4.69, 9.17) is 9.47 Å². The molecule has 5 rings (SSSR count). The highest BCUT2D eigenvalue weighted by Gasteiger charge is 2.53. The van der Waals surface area contributed by atoms with E-state index in [-0.39, 0.29) is 30.3 Å². The predicted molar refractivity (Wildman–Crippen MR) is 124 cm³/mol. The molecule has 0 aliphatic carbocycles. The fourth-order valence-corrected chi connectivity index (χ4v) is 4.96. The van der Waals surface area contributed by atoms with Crippen LogP contribution in [0.15, 0.2) is 54.6 Å². The third-order valence-corrected chi connectivity index (χ3v) is 6.42. The topological polar surface area (TPSA) is 74.4 Å². The van der Waals surface area contributed by atoms with Crippen LogP contribution in [0.1, 0.15) is 54.8 Å². The molecule has 3 aliphatic rings. The van der Waals surface area contributed by atoms with Crippen LogP contribution >= 0.6 is 0 Å². The zero-order valence-corrected chi connectivity index (χ0v) is 19.4. The Labute approximate surface area is 194 Å². The van der Waals surface area contributed by atoms with Gasteiger partial charge in [-0.05, 0) is 44.4 Å². The second kappa shape index (κ2) is 8.47. The van der Waals surface area contributed by atoms with Crippen molar-refractivity contribution >= 4 is 12.0 Å². The number of ether oxygens (including phenoxy) is 2. The molecule has 0 aromatic heterocycles. The lowest BCUT2D eigenvalue weighted by Crippen LogP contribution is -2.46. The number of amides is 2. The average Bonchev–Trinajstić information content (AvgIpc) is 3.48. The van der Waals surface area contributed by atoms with Crippen LogP contribution in [0.4, 0.5) is 4.79 Å². The largest absolute Gasteiger partial charge is 0.444 e. The number of carbonyl (C=O) groups is 2. The molecule has 3 heterocycles. The van der Waals surface area contributed by atoms with Gasteiger partial charge in [-0.1, -0.05) is 48.5 Å². The van der Waals surface area contributed by atoms with Crippen LogP contribution in [0.3, 0.4) is 0 Å². The molecule has 3 aliphatic heterocycles. The van der Waals surface area contributed by atoms with Gasteiger partial charge in [-0.2, -0.15) is 0 Å². The molecule has 2 saturated heterocycles. The minimum absolute atomic E-state index is 0.0209. The van der Waals surface area contributed by atoms with Gasteiger partial charge in [-0.15, -0.1) is 0 Å². The summed E-state index contributed by atoms with van der Waals surface area (Å²) < 4.78 is 11.4. The van der Waals surface area contributed by atoms with Gasteiger partial charge in [0.2, 0.25) is 0 Å². The molecular formula is C26H31N3O4. The summed E-state index contributed by atoms with van der Waals surface area (Å²) in [4.78, 5) is 29.9. The molecule has 1 N–H and O–H groups in total. The van der Waals surface area contributed by atoms with Crippen LogP contribution in [-0.4, -0.2) is 58.8 Å². The van der Waals surface area contributed by atoms with Gasteiger partial charge in [0.1, 0.15) is 11.7 Å². The van der Waals surface area contributed by atoms with Gasteiger partial charge >= 0.3 is 6.09 Å². The predicted octanol–water partition coefficient (Wildman–Crippen LogP) is 3.71. The van der Waals surface area contributed by atoms with E-state index in [0.29, 0.717) is 13.1 Å². The molecule has 0 saturated carbocycles. The summed E-state index contributed by atoms with van der Waals surface area (Å²) in [5.74, 6) is 0.0209. The standard InChI is InChI=1S/C26H31N3O4/c1-26(2,3)33-25(31)27-18-13-19(28(15-18)14-17-9-5-4-6-10-17)16-29-23(30)21-12-8-7-11-20(21)22-24(29)32-22/h4-12,18-19,22,24H,13-16H2,1-3H3,(H,27,31)/t18-,19-,22?,24?/m0/s1. The zero-order valence-electron chi connectivity index (χ0n) is 19.4. The van der Waals surface area contributed by atoms with Gasteiger partial charge in [0.25, 0.3) is 5.91 Å². The second-order valence-corrected chi connectivity index (χ2v) is 10.1. The molecule has 7 nitrogen and oxygen atoms in total. The van der Waals surface area contributed by atoms with Gasteiger partial charge in [-0.25, -0.2) is 4.79 Å². The number of rotatable bonds is 5. The first kappa shape index (κ1) is 21.9. The molecular weight excluding hydrogens is 418 g/mol. The summed E-state index contributed by atoms with van der Waals surface area (Å²) in [6.45, 7) is 7.60. The Hall–Kier alpha value is -2.90. The van der Waals surface area contributed by atoms with E-state index in [1.54, 1.807) is 0 Å². The molecule has 4 atom stereocenters. The zero-order chi connectivity index (χ0) is 23.2. The molecule has 174 valence electrons. The average molecular weight is 450 g/mol. The summed E-state index contributed by atoms with van der Waals surface area (Å²) >= 11 is 0. The van der Waals surface area contributed by atoms with E-state index in [2.05, 4.69) is 22.3 Å². The lowest BCUT2D eigenvalue weighted by Gasteiger charge is -2.32. The van der Waals surface area contributed by atoms with Crippen LogP contribution in [-0.2, 0) is 16.0 Å². The number of carbonyl (C=O) groups excluding carboxylic acids is 2. The lowest BCUT2D eigenvalue weighted by atomic mass is 9.98. The smallest absolute Gasteiger partial charge is 0.407 e. The SMILES string of the molecule is CC(C)(C)OC(=O)N[C@H]1C[C@@H](CN2C(=O)c3ccccc3C3OC32)N(Cc2ccccc2)C1. The number of alkyl carbamates (subject to hydrolysis) is 1. The minimum Gasteiger partial charge on any atom is -0.444 e. The molecule has 33 heavy (non-hydrogen) atoms. The van der Waals surface area contributed by atoms with Crippen LogP contribution in [0.5, 0.6) is 0 Å². The van der Waals surface area contributed by atoms with Crippen molar-refractivity contribution in [3.05, 3.63) is 71.3 Å². The molecule has 7 heteroatoms. The number of nitrogens with one attached hydrogen (secondary N) is 1. The lowest BCUT2D eigenvalue weighted by molar-refractivity contribution is 0.0504. The van der Waals surface area contributed by atoms with Gasteiger partial charge < -0.3 is 19.7 Å². The number of hydrogen-bond donors (Lipinski definition) is 1. The number of benzene rings is 2. The maximum Gasteiger partial charge on any atom is 0.407 e. The van der Waals surface area contributed by atoms with Crippen molar-refractivity contribution in [3.63, 3.8) is 0 Å². The van der Waals surface area contributed by atoms with Crippen molar-refractivity contribution in [2.75, 3.05) is 13.1 Å². The summed E-state index contributed by atoms with van der Waals surface area (Å²) in [6, 6.07) is 18.0. The van der Waals surface area contributed by atoms with E-state index in [0.717, 1.165) is 24.1 Å². The molecule has 2 amide bonds. The third kappa shape index (κ3) is 4.75. The number of likely N-dealkylation sites (tertiary alicyclic amines) is 1. The van der Waals surface area contributed by atoms with E-state index >= 15 is 0 Å². The quantitative estimate of drug-likeness (QED) is 0.705. The highest BCUT2D eigenvalue weighted by Crippen LogP contribution is 2.47. The van der Waals surface area contributed by atoms with Crippen LogP contribution < -0.4 is 5.32 Å². The Bertz CT molecular complexity index is 1040. The first-order valence-corrected chi connectivity index (χ1v) is 11.6. The number of fused-ring (bicyclic) bond motifs is 3. The van der Waals surface area contributed by atoms with Gasteiger partial charge in [0, 0.05) is 37.3 Å². The van der Waals surface area contributed by atoms with Gasteiger partial charge in [0.05, 0.1) is 0 Å². The Morgan fingerprint density at radius 1 is 1.12 bits per heavy atom. The van der Waals surface area contributed by atoms with Gasteiger partial charge in [0.15, 0.2) is 6.23 Å². The van der Waals surface area contributed by atoms with Crippen molar-refractivity contribution in [1.82, 2.24) is 15.1 Å². The Morgan fingerprint density at radius 2 is 1.85 bits per heavy atom. The minimum atomic E-state index is -0.544. The van der Waals surface area contributed by atoms with Crippen LogP contribution in [0, 0.1) is 0 Å². The van der Waals surface area contributed by atoms with Crippen molar-refractivity contribution in [1.29, 1.82) is 0 Å². The molecule has 2 aromatic carbocycles. The number of nitrogens with zero attached hydrogens (tertiary/aromatic N) is 2. The van der Waals surface area contributed by atoms with Crippen molar-refractivity contribution in [2.45, 2.75) is 63.8 Å². The van der Waals surface area contributed by atoms with E-state index in [9.17, 15) is 9.59 Å². The highest BCUT2D eigenvalue weighted by molar-refractivity contribution is 5.97. The molecule has 0 spiro atoms. The Kier molecular flexibility index (Phi) is 5.62. The van der Waals surface area contributed by atoms with Crippen molar-refractivity contribution in [2.24, 2.45) is 0 Å². The first-order valence-electron chi connectivity index (χ1n) is 11.6. The number of epoxide rings is 1. The normalized spacial score (nSPS) is 26.5. The van der Waals surface area contributed by atoms with E-state index in [1.165, 1.54) is 5.56 Å². The Morgan fingerprint density at radius 3 is 2.61 bits per heavy atom. The summed E-state index contributed by atoms with van der Waals surface area (Å²) in [5, 5.41) is 3.03. The summed E-state index contributed by atoms with van der Waals surface area (Å²) in [7, 11) is 0. The summed E-state index contributed by atoms with van der Waals surface area (Å²) in [5.41, 5.74) is 2.38. The van der Waals surface area contributed by atoms with Crippen LogP contribution in [0.25, 0.3) is 0 Å². The molecule has 2 aromatic rings. The summed E-state index contributed by atoms with van der Waals surface area (Å²) in [6.07, 6.45) is 0.123. The van der Waals surface area contributed by atoms with Crippen LogP contribution in [0.2, 0.25) is 0 Å². The monoisotopic (exact) mass is 449 g/mol. The third-order valence-electron chi connectivity index (χ3n) is 6.42. The highest BCUT2D eigenvalue weighted by atomic mass is 16.6. The molecule has 2 fully saturated rings. The maximum absolute atomic E-state index is 13.3. The second-order valence-electron chi connectivity index (χ2n) is 10.1. The molecule has 0 bridgehead atoms. The van der Waals surface area contributed by atoms with E-state index in [1.807, 2.05) is 68.1 Å². The van der Waals surface area contributed by atoms with Crippen molar-refractivity contribution in [3.8, 4) is 0 Å². The van der Waals surface area contributed by atoms with Crippen molar-refractivity contribution < 1.29 is 19.1 Å². The van der Waals surface area contributed by atoms with Gasteiger partial charge in [-0.3, -0.25) is 9.69 Å². The fraction of sp³-hybridized carbons (Fsp3) is 0.462. The first-order chi connectivity index (χ1) is 15.8. The molecule has 0 radical (unpaired) electrons.